The number of nitrogens with one attached hydrogen (secondary N) is 1. The first kappa shape index (κ1) is 21.6. The van der Waals surface area contributed by atoms with E-state index in [2.05, 4.69) is 32.7 Å². The molecule has 2 atom stereocenters. The summed E-state index contributed by atoms with van der Waals surface area (Å²) in [5.74, 6) is 0. The molecule has 2 aromatic rings. The van der Waals surface area contributed by atoms with Gasteiger partial charge in [-0.3, -0.25) is 4.99 Å². The van der Waals surface area contributed by atoms with E-state index in [0.29, 0.717) is 24.8 Å². The van der Waals surface area contributed by atoms with Gasteiger partial charge in [-0.25, -0.2) is 20.1 Å². The predicted octanol–water partition coefficient (Wildman–Crippen LogP) is 4.17. The van der Waals surface area contributed by atoms with Crippen LogP contribution in [-0.2, 0) is 11.3 Å². The van der Waals surface area contributed by atoms with Gasteiger partial charge in [0.15, 0.2) is 0 Å². The number of hydrogen-bond donors (Lipinski definition) is 1. The first-order valence-corrected chi connectivity index (χ1v) is 13.1. The second kappa shape index (κ2) is 8.70. The van der Waals surface area contributed by atoms with E-state index in [-0.39, 0.29) is 23.3 Å². The summed E-state index contributed by atoms with van der Waals surface area (Å²) in [6, 6.07) is 17.5. The molecule has 4 aliphatic rings. The number of para-hydroxylation sites is 1. The fraction of sp³-hybridized carbons (Fsp3) is 0.240. The average molecular weight is 494 g/mol. The molecule has 0 radical (unpaired) electrons. The molecule has 9 heteroatoms. The van der Waals surface area contributed by atoms with E-state index in [9.17, 15) is 4.79 Å². The first-order chi connectivity index (χ1) is 16.6. The number of aliphatic imine (C=N–C) groups is 1. The fourth-order valence-corrected chi connectivity index (χ4v) is 7.09. The molecule has 174 valence electrons. The standard InChI is InChI=1S/C25H24ClN5O2S/c1-34-22-12-27-11-18(22)19-13-29(21-10-6-5-9-20(21)26)14-23-30(24(19)34)16-28-31(23)25(32)33-15-17-7-3-2-4-8-17/h2-10,12-13,23,28H,11,14-16H2,1H3. The summed E-state index contributed by atoms with van der Waals surface area (Å²) in [6.07, 6.45) is 5.78. The second-order valence-corrected chi connectivity index (χ2v) is 10.7. The number of allylic oxidation sites excluding steroid dienone is 1. The molecule has 34 heavy (non-hydrogen) atoms. The number of carbonyl (C=O) groups is 1. The van der Waals surface area contributed by atoms with Crippen molar-refractivity contribution in [1.29, 1.82) is 0 Å². The van der Waals surface area contributed by atoms with Gasteiger partial charge in [-0.2, -0.15) is 0 Å². The van der Waals surface area contributed by atoms with E-state index in [1.165, 1.54) is 21.0 Å². The molecule has 1 fully saturated rings. The molecule has 1 saturated heterocycles. The number of ether oxygens (including phenoxy) is 1. The van der Waals surface area contributed by atoms with Gasteiger partial charge in [0.2, 0.25) is 0 Å². The van der Waals surface area contributed by atoms with Gasteiger partial charge < -0.3 is 9.64 Å². The molecule has 2 aromatic carbocycles. The number of hydrazine groups is 1. The summed E-state index contributed by atoms with van der Waals surface area (Å²) >= 11 is 6.61. The van der Waals surface area contributed by atoms with Gasteiger partial charge in [-0.05, 0) is 29.5 Å². The maximum Gasteiger partial charge on any atom is 0.426 e. The van der Waals surface area contributed by atoms with E-state index in [4.69, 9.17) is 16.3 Å². The van der Waals surface area contributed by atoms with Crippen molar-refractivity contribution in [2.45, 2.75) is 12.8 Å². The number of hydrogen-bond acceptors (Lipinski definition) is 6. The summed E-state index contributed by atoms with van der Waals surface area (Å²) < 4.78 is 5.68. The molecule has 0 bridgehead atoms. The maximum atomic E-state index is 13.2. The van der Waals surface area contributed by atoms with Crippen molar-refractivity contribution in [2.75, 3.05) is 30.9 Å². The molecule has 0 saturated carbocycles. The lowest BCUT2D eigenvalue weighted by atomic mass is 10.1. The lowest BCUT2D eigenvalue weighted by Crippen LogP contribution is -2.50. The van der Waals surface area contributed by atoms with Crippen molar-refractivity contribution < 1.29 is 9.53 Å². The van der Waals surface area contributed by atoms with Gasteiger partial charge in [-0.15, -0.1) is 10.5 Å². The number of benzene rings is 2. The Morgan fingerprint density at radius 2 is 2.00 bits per heavy atom. The average Bonchev–Trinajstić information content (AvgIpc) is 3.53. The van der Waals surface area contributed by atoms with Gasteiger partial charge in [-0.1, -0.05) is 54.1 Å². The van der Waals surface area contributed by atoms with Crippen LogP contribution in [-0.4, -0.2) is 59.4 Å². The number of amides is 1. The zero-order valence-corrected chi connectivity index (χ0v) is 20.2. The van der Waals surface area contributed by atoms with Gasteiger partial charge in [0.05, 0.1) is 35.5 Å². The van der Waals surface area contributed by atoms with Crippen LogP contribution in [0.5, 0.6) is 0 Å². The Balaban J connectivity index is 1.35. The Hall–Kier alpha value is -2.91. The van der Waals surface area contributed by atoms with Crippen LogP contribution in [0.4, 0.5) is 10.5 Å². The van der Waals surface area contributed by atoms with Crippen molar-refractivity contribution in [2.24, 2.45) is 4.99 Å². The number of nitrogens with zero attached hydrogens (tertiary/aromatic N) is 4. The topological polar surface area (TPSA) is 60.4 Å². The lowest BCUT2D eigenvalue weighted by molar-refractivity contribution is 0.0691. The molecule has 0 aliphatic carbocycles. The van der Waals surface area contributed by atoms with Crippen LogP contribution < -0.4 is 10.3 Å². The van der Waals surface area contributed by atoms with Crippen LogP contribution in [0.25, 0.3) is 0 Å². The minimum absolute atomic E-state index is 0.129. The van der Waals surface area contributed by atoms with Crippen molar-refractivity contribution in [3.05, 3.63) is 87.4 Å². The summed E-state index contributed by atoms with van der Waals surface area (Å²) in [6.45, 7) is 1.99. The molecule has 1 N–H and O–H groups in total. The van der Waals surface area contributed by atoms with E-state index < -0.39 is 6.09 Å². The Kier molecular flexibility index (Phi) is 5.53. The number of rotatable bonds is 3. The van der Waals surface area contributed by atoms with Crippen LogP contribution in [0.2, 0.25) is 5.02 Å². The number of halogens is 1. The first-order valence-electron chi connectivity index (χ1n) is 11.1. The molecule has 4 aliphatic heterocycles. The predicted molar refractivity (Wildman–Crippen MR) is 138 cm³/mol. The molecule has 0 spiro atoms. The zero-order chi connectivity index (χ0) is 23.2. The smallest absolute Gasteiger partial charge is 0.426 e. The molecule has 4 heterocycles. The highest BCUT2D eigenvalue weighted by atomic mass is 35.5. The van der Waals surface area contributed by atoms with Crippen molar-refractivity contribution in [1.82, 2.24) is 15.3 Å². The van der Waals surface area contributed by atoms with E-state index in [1.807, 2.05) is 60.8 Å². The Morgan fingerprint density at radius 1 is 1.21 bits per heavy atom. The summed E-state index contributed by atoms with van der Waals surface area (Å²) in [5, 5.41) is 2.29. The quantitative estimate of drug-likeness (QED) is 0.650. The normalized spacial score (nSPS) is 23.6. The van der Waals surface area contributed by atoms with E-state index >= 15 is 0 Å². The van der Waals surface area contributed by atoms with Crippen molar-refractivity contribution in [3.8, 4) is 0 Å². The van der Waals surface area contributed by atoms with Crippen LogP contribution in [0.3, 0.4) is 0 Å². The van der Waals surface area contributed by atoms with Gasteiger partial charge in [0.1, 0.15) is 12.8 Å². The molecular formula is C25H24ClN5O2S. The monoisotopic (exact) mass is 493 g/mol. The number of fused-ring (bicyclic) bond motifs is 4. The molecule has 2 unspecified atom stereocenters. The van der Waals surface area contributed by atoms with Gasteiger partial charge >= 0.3 is 6.09 Å². The number of anilines is 1. The van der Waals surface area contributed by atoms with Crippen molar-refractivity contribution >= 4 is 45.1 Å². The Labute approximate surface area is 205 Å². The van der Waals surface area contributed by atoms with Gasteiger partial charge in [0.25, 0.3) is 0 Å². The minimum Gasteiger partial charge on any atom is -0.444 e. The van der Waals surface area contributed by atoms with E-state index in [0.717, 1.165) is 11.3 Å². The SMILES string of the molecule is CS1=C2C(=CN(c3ccccc3Cl)CC3N2CNN3C(=O)OCc2ccccc2)C2=C1C=NC2. The Morgan fingerprint density at radius 3 is 2.82 bits per heavy atom. The third kappa shape index (κ3) is 3.58. The molecule has 0 aromatic heterocycles. The highest BCUT2D eigenvalue weighted by molar-refractivity contribution is 8.20. The number of carbonyl (C=O) groups excluding carboxylic acids is 1. The van der Waals surface area contributed by atoms with Crippen molar-refractivity contribution in [3.63, 3.8) is 0 Å². The third-order valence-corrected chi connectivity index (χ3v) is 8.84. The highest BCUT2D eigenvalue weighted by Gasteiger charge is 2.45. The highest BCUT2D eigenvalue weighted by Crippen LogP contribution is 2.45. The van der Waals surface area contributed by atoms with Crippen LogP contribution in [0, 0.1) is 0 Å². The second-order valence-electron chi connectivity index (χ2n) is 8.45. The summed E-state index contributed by atoms with van der Waals surface area (Å²) in [5.41, 5.74) is 7.59. The summed E-state index contributed by atoms with van der Waals surface area (Å²) in [4.78, 5) is 24.7. The van der Waals surface area contributed by atoms with E-state index in [1.54, 1.807) is 5.01 Å². The van der Waals surface area contributed by atoms with Crippen LogP contribution >= 0.6 is 22.1 Å². The molecular weight excluding hydrogens is 470 g/mol. The lowest BCUT2D eigenvalue weighted by Gasteiger charge is -2.31. The van der Waals surface area contributed by atoms with Crippen LogP contribution in [0.1, 0.15) is 5.56 Å². The largest absolute Gasteiger partial charge is 0.444 e. The zero-order valence-electron chi connectivity index (χ0n) is 18.6. The fourth-order valence-electron chi connectivity index (χ4n) is 4.82. The third-order valence-electron chi connectivity index (χ3n) is 6.47. The molecule has 1 amide bonds. The minimum atomic E-state index is -0.393. The van der Waals surface area contributed by atoms with Gasteiger partial charge in [0, 0.05) is 22.9 Å². The summed E-state index contributed by atoms with van der Waals surface area (Å²) in [7, 11) is -0.129. The van der Waals surface area contributed by atoms with Crippen LogP contribution in [0.15, 0.2) is 81.8 Å². The Bertz CT molecular complexity index is 1290. The maximum absolute atomic E-state index is 13.2. The molecule has 6 rings (SSSR count). The molecule has 7 nitrogen and oxygen atoms in total.